The van der Waals surface area contributed by atoms with Crippen LogP contribution in [0.25, 0.3) is 10.9 Å². The summed E-state index contributed by atoms with van der Waals surface area (Å²) in [5.74, 6) is -5.85. The van der Waals surface area contributed by atoms with E-state index in [2.05, 4.69) is 5.32 Å². The van der Waals surface area contributed by atoms with E-state index >= 15 is 0 Å². The van der Waals surface area contributed by atoms with Crippen molar-refractivity contribution in [3.05, 3.63) is 71.4 Å². The zero-order valence-electron chi connectivity index (χ0n) is 26.0. The van der Waals surface area contributed by atoms with E-state index < -0.39 is 66.3 Å². The average molecular weight is 652 g/mol. The molecular weight excluding hydrogens is 615 g/mol. The number of alkyl halides is 3. The van der Waals surface area contributed by atoms with Crippen LogP contribution < -0.4 is 5.32 Å². The largest absolute Gasteiger partial charge is 0.460 e. The normalized spacial score (nSPS) is 33.6. The molecule has 3 amide bonds. The molecule has 10 nitrogen and oxygen atoms in total. The summed E-state index contributed by atoms with van der Waals surface area (Å²) in [4.78, 5) is 45.0. The third-order valence-corrected chi connectivity index (χ3v) is 11.0. The van der Waals surface area contributed by atoms with Crippen molar-refractivity contribution in [1.82, 2.24) is 24.6 Å². The Morgan fingerprint density at radius 1 is 1.13 bits per heavy atom. The van der Waals surface area contributed by atoms with Crippen LogP contribution in [-0.2, 0) is 39.0 Å². The molecule has 47 heavy (non-hydrogen) atoms. The molecule has 4 aliphatic heterocycles. The molecule has 2 N–H and O–H groups in total. The number of ether oxygens (including phenoxy) is 1. The summed E-state index contributed by atoms with van der Waals surface area (Å²) in [6, 6.07) is 11.9. The van der Waals surface area contributed by atoms with Gasteiger partial charge in [-0.05, 0) is 55.4 Å². The number of aryl methyl sites for hydroxylation is 1. The second-order valence-electron chi connectivity index (χ2n) is 13.8. The SMILES string of the molecule is Cn1cc2c3c(cccc31)[C@H]1C[C@@H](C(=O)N[C@]3(C)O[C@@]4(O)[C@@H]5CCCN5C(=O)[C@H](Cc5ccccc5)N4C3=O)CN(C(F)(F)F)[C@@H]1C2. The predicted octanol–water partition coefficient (Wildman–Crippen LogP) is 2.98. The molecule has 1 aromatic heterocycles. The highest BCUT2D eigenvalue weighted by atomic mass is 19.4. The Kier molecular flexibility index (Phi) is 6.65. The summed E-state index contributed by atoms with van der Waals surface area (Å²) < 4.78 is 51.9. The average Bonchev–Trinajstić information content (AvgIpc) is 3.70. The molecule has 7 atom stereocenters. The van der Waals surface area contributed by atoms with Crippen LogP contribution in [0.15, 0.2) is 54.7 Å². The third kappa shape index (κ3) is 4.46. The number of aromatic nitrogens is 1. The Bertz CT molecular complexity index is 1800. The molecule has 8 rings (SSSR count). The number of amides is 3. The van der Waals surface area contributed by atoms with Crippen LogP contribution in [0.4, 0.5) is 13.2 Å². The Hall–Kier alpha value is -3.94. The highest BCUT2D eigenvalue weighted by molar-refractivity contribution is 5.97. The predicted molar refractivity (Wildman–Crippen MR) is 162 cm³/mol. The number of piperazine rings is 1. The van der Waals surface area contributed by atoms with Gasteiger partial charge < -0.3 is 19.9 Å². The van der Waals surface area contributed by atoms with Crippen LogP contribution in [0.1, 0.15) is 48.8 Å². The summed E-state index contributed by atoms with van der Waals surface area (Å²) in [5, 5.41) is 15.6. The molecule has 0 bridgehead atoms. The fourth-order valence-corrected chi connectivity index (χ4v) is 8.97. The van der Waals surface area contributed by atoms with Gasteiger partial charge in [0.15, 0.2) is 0 Å². The van der Waals surface area contributed by atoms with Gasteiger partial charge in [0, 0.05) is 55.6 Å². The molecule has 2 aromatic carbocycles. The van der Waals surface area contributed by atoms with Crippen molar-refractivity contribution in [2.45, 2.75) is 81.0 Å². The van der Waals surface area contributed by atoms with Crippen molar-refractivity contribution in [2.75, 3.05) is 13.1 Å². The zero-order valence-corrected chi connectivity index (χ0v) is 26.0. The molecule has 3 aromatic rings. The number of likely N-dealkylation sites (tertiary alicyclic amines) is 1. The van der Waals surface area contributed by atoms with Gasteiger partial charge in [0.1, 0.15) is 12.1 Å². The van der Waals surface area contributed by atoms with E-state index in [0.29, 0.717) is 24.3 Å². The van der Waals surface area contributed by atoms with Gasteiger partial charge >= 0.3 is 6.30 Å². The van der Waals surface area contributed by atoms with Gasteiger partial charge in [-0.25, -0.2) is 4.90 Å². The Labute approximate surface area is 269 Å². The maximum atomic E-state index is 14.6. The molecular formula is C34H36F3N5O5. The van der Waals surface area contributed by atoms with Crippen LogP contribution >= 0.6 is 0 Å². The molecule has 0 radical (unpaired) electrons. The van der Waals surface area contributed by atoms with Crippen LogP contribution in [0.5, 0.6) is 0 Å². The van der Waals surface area contributed by atoms with Gasteiger partial charge in [-0.3, -0.25) is 24.0 Å². The Balaban J connectivity index is 1.11. The summed E-state index contributed by atoms with van der Waals surface area (Å²) in [5.41, 5.74) is 1.20. The van der Waals surface area contributed by atoms with Crippen molar-refractivity contribution >= 4 is 28.6 Å². The topological polar surface area (TPSA) is 107 Å². The summed E-state index contributed by atoms with van der Waals surface area (Å²) in [7, 11) is 1.87. The molecule has 0 saturated carbocycles. The van der Waals surface area contributed by atoms with Crippen molar-refractivity contribution in [3.63, 3.8) is 0 Å². The number of carbonyl (C=O) groups excluding carboxylic acids is 3. The quantitative estimate of drug-likeness (QED) is 0.421. The lowest BCUT2D eigenvalue weighted by molar-refractivity contribution is -0.315. The number of nitrogens with one attached hydrogen (secondary N) is 1. The van der Waals surface area contributed by atoms with Crippen LogP contribution in [-0.4, -0.2) is 91.2 Å². The van der Waals surface area contributed by atoms with Crippen molar-refractivity contribution < 1.29 is 37.4 Å². The van der Waals surface area contributed by atoms with Crippen molar-refractivity contribution in [2.24, 2.45) is 13.0 Å². The highest BCUT2D eigenvalue weighted by Gasteiger charge is 2.70. The van der Waals surface area contributed by atoms with Gasteiger partial charge in [0.05, 0.1) is 5.92 Å². The number of aliphatic hydroxyl groups is 1. The van der Waals surface area contributed by atoms with Gasteiger partial charge in [0.2, 0.25) is 17.5 Å². The lowest BCUT2D eigenvalue weighted by Gasteiger charge is -2.48. The van der Waals surface area contributed by atoms with E-state index in [-0.39, 0.29) is 25.2 Å². The number of fused-ring (bicyclic) bond motifs is 5. The minimum Gasteiger partial charge on any atom is -0.350 e. The first-order chi connectivity index (χ1) is 22.3. The number of nitrogens with zero attached hydrogens (tertiary/aromatic N) is 4. The first-order valence-corrected chi connectivity index (χ1v) is 16.1. The maximum absolute atomic E-state index is 14.6. The summed E-state index contributed by atoms with van der Waals surface area (Å²) in [6.45, 7) is 1.11. The number of carbonyl (C=O) groups is 3. The highest BCUT2D eigenvalue weighted by Crippen LogP contribution is 2.49. The molecule has 0 spiro atoms. The minimum atomic E-state index is -4.70. The second-order valence-corrected chi connectivity index (χ2v) is 13.8. The Morgan fingerprint density at radius 2 is 1.89 bits per heavy atom. The molecule has 0 unspecified atom stereocenters. The van der Waals surface area contributed by atoms with E-state index in [1.54, 1.807) is 0 Å². The van der Waals surface area contributed by atoms with Crippen molar-refractivity contribution in [3.8, 4) is 0 Å². The first kappa shape index (κ1) is 30.4. The number of piperidine rings is 1. The zero-order chi connectivity index (χ0) is 33.0. The van der Waals surface area contributed by atoms with Crippen LogP contribution in [0.2, 0.25) is 0 Å². The number of halogens is 3. The minimum absolute atomic E-state index is 0.115. The Morgan fingerprint density at radius 3 is 2.64 bits per heavy atom. The molecule has 4 fully saturated rings. The molecule has 13 heteroatoms. The lowest BCUT2D eigenvalue weighted by Crippen LogP contribution is -2.71. The fourth-order valence-electron chi connectivity index (χ4n) is 8.97. The molecule has 1 aliphatic carbocycles. The molecule has 248 valence electrons. The number of hydrogen-bond acceptors (Lipinski definition) is 6. The van der Waals surface area contributed by atoms with Crippen LogP contribution in [0.3, 0.4) is 0 Å². The van der Waals surface area contributed by atoms with E-state index in [0.717, 1.165) is 32.5 Å². The second kappa shape index (κ2) is 10.3. The van der Waals surface area contributed by atoms with E-state index in [1.165, 1.54) is 11.8 Å². The summed E-state index contributed by atoms with van der Waals surface area (Å²) in [6.07, 6.45) is -1.39. The monoisotopic (exact) mass is 651 g/mol. The van der Waals surface area contributed by atoms with Gasteiger partial charge in [-0.2, -0.15) is 13.2 Å². The number of rotatable bonds is 4. The summed E-state index contributed by atoms with van der Waals surface area (Å²) >= 11 is 0. The van der Waals surface area contributed by atoms with Gasteiger partial charge in [-0.1, -0.05) is 42.5 Å². The molecule has 5 aliphatic rings. The molecule has 5 heterocycles. The molecule has 4 saturated heterocycles. The van der Waals surface area contributed by atoms with E-state index in [9.17, 15) is 32.7 Å². The smallest absolute Gasteiger partial charge is 0.350 e. The maximum Gasteiger partial charge on any atom is 0.460 e. The van der Waals surface area contributed by atoms with Gasteiger partial charge in [0.25, 0.3) is 11.8 Å². The van der Waals surface area contributed by atoms with E-state index in [1.807, 2.05) is 66.3 Å². The fraction of sp³-hybridized carbons (Fsp3) is 0.500. The van der Waals surface area contributed by atoms with Crippen LogP contribution in [0, 0.1) is 5.92 Å². The van der Waals surface area contributed by atoms with E-state index in [4.69, 9.17) is 4.74 Å². The first-order valence-electron chi connectivity index (χ1n) is 16.1. The standard InChI is InChI=1S/C34H36F3N5O5/c1-32(31(45)42-26(14-19-8-4-3-5-9-19)30(44)40-13-7-12-27(40)33(42,46)47-32)38-29(43)21-15-23-22-10-6-11-24-28(22)20(17-39(24)2)16-25(23)41(18-21)34(35,36)37/h3-6,8-11,17,21,23,25-27,46H,7,12-16,18H2,1-2H3,(H,38,43)/t21-,23-,25-,26+,27+,32-,33+/m1/s1. The number of hydrogen-bond donors (Lipinski definition) is 2. The van der Waals surface area contributed by atoms with Crippen molar-refractivity contribution in [1.29, 1.82) is 0 Å². The number of benzene rings is 2. The van der Waals surface area contributed by atoms with Gasteiger partial charge in [-0.15, -0.1) is 0 Å². The lowest BCUT2D eigenvalue weighted by atomic mass is 9.72. The third-order valence-electron chi connectivity index (χ3n) is 11.0.